The number of aromatic nitrogens is 1. The van der Waals surface area contributed by atoms with Crippen LogP contribution < -0.4 is 5.32 Å². The van der Waals surface area contributed by atoms with Crippen molar-refractivity contribution in [1.82, 2.24) is 10.3 Å². The van der Waals surface area contributed by atoms with E-state index in [9.17, 15) is 4.79 Å². The van der Waals surface area contributed by atoms with Crippen molar-refractivity contribution in [2.45, 2.75) is 18.7 Å². The van der Waals surface area contributed by atoms with Gasteiger partial charge in [-0.3, -0.25) is 9.78 Å². The summed E-state index contributed by atoms with van der Waals surface area (Å²) in [7, 11) is 0. The molecule has 0 aliphatic rings. The molecule has 0 radical (unpaired) electrons. The van der Waals surface area contributed by atoms with E-state index in [0.717, 1.165) is 10.8 Å². The second-order valence-corrected chi connectivity index (χ2v) is 6.03. The maximum Gasteiger partial charge on any atom is 0.270 e. The van der Waals surface area contributed by atoms with Crippen molar-refractivity contribution in [2.75, 3.05) is 6.54 Å². The fourth-order valence-corrected chi connectivity index (χ4v) is 1.97. The van der Waals surface area contributed by atoms with Crippen LogP contribution >= 0.6 is 15.9 Å². The number of benzene rings is 1. The molecule has 0 aliphatic carbocycles. The minimum atomic E-state index is -0.123. The highest BCUT2D eigenvalue weighted by atomic mass is 79.9. The fraction of sp³-hybridized carbons (Fsp3) is 0.333. The number of nitrogens with zero attached hydrogens (tertiary/aromatic N) is 1. The van der Waals surface area contributed by atoms with Crippen molar-refractivity contribution in [3.8, 4) is 0 Å². The number of halogens is 1. The predicted octanol–water partition coefficient (Wildman–Crippen LogP) is 3.38. The van der Waals surface area contributed by atoms with E-state index in [-0.39, 0.29) is 10.7 Å². The molecule has 1 aromatic heterocycles. The lowest BCUT2D eigenvalue weighted by atomic mass is 10.1. The van der Waals surface area contributed by atoms with E-state index in [1.54, 1.807) is 6.20 Å². The molecule has 100 valence electrons. The van der Waals surface area contributed by atoms with Gasteiger partial charge in [-0.15, -0.1) is 0 Å². The van der Waals surface area contributed by atoms with Gasteiger partial charge in [0.15, 0.2) is 0 Å². The van der Waals surface area contributed by atoms with Crippen molar-refractivity contribution in [3.05, 3.63) is 42.2 Å². The van der Waals surface area contributed by atoms with Crippen LogP contribution in [0.1, 0.15) is 24.3 Å². The molecule has 2 aromatic rings. The number of carbonyl (C=O) groups is 1. The molecule has 0 spiro atoms. The van der Waals surface area contributed by atoms with E-state index in [2.05, 4.69) is 40.1 Å². The first-order valence-corrected chi connectivity index (χ1v) is 7.27. The lowest BCUT2D eigenvalue weighted by Gasteiger charge is -2.14. The zero-order valence-electron chi connectivity index (χ0n) is 11.1. The zero-order valence-corrected chi connectivity index (χ0v) is 12.6. The van der Waals surface area contributed by atoms with Gasteiger partial charge in [-0.05, 0) is 17.4 Å². The molecule has 0 saturated heterocycles. The average Bonchev–Trinajstić information content (AvgIpc) is 2.43. The third-order valence-corrected chi connectivity index (χ3v) is 4.45. The fourth-order valence-electron chi connectivity index (χ4n) is 1.81. The Balaban J connectivity index is 2.18. The topological polar surface area (TPSA) is 42.0 Å². The number of alkyl halides is 1. The molecule has 1 unspecified atom stereocenters. The van der Waals surface area contributed by atoms with Gasteiger partial charge < -0.3 is 5.32 Å². The molecule has 1 amide bonds. The minimum Gasteiger partial charge on any atom is -0.350 e. The number of hydrogen-bond donors (Lipinski definition) is 1. The van der Waals surface area contributed by atoms with Gasteiger partial charge in [0.25, 0.3) is 5.91 Å². The van der Waals surface area contributed by atoms with E-state index in [1.165, 1.54) is 0 Å². The summed E-state index contributed by atoms with van der Waals surface area (Å²) >= 11 is 3.56. The van der Waals surface area contributed by atoms with Crippen LogP contribution in [0.4, 0.5) is 0 Å². The molecule has 1 atom stereocenters. The summed E-state index contributed by atoms with van der Waals surface area (Å²) in [6.07, 6.45) is 1.67. The summed E-state index contributed by atoms with van der Waals surface area (Å²) in [6, 6.07) is 9.69. The molecular weight excluding hydrogens is 304 g/mol. The summed E-state index contributed by atoms with van der Waals surface area (Å²) < 4.78 is 0. The Kier molecular flexibility index (Phi) is 4.53. The van der Waals surface area contributed by atoms with E-state index < -0.39 is 0 Å². The average molecular weight is 321 g/mol. The lowest BCUT2D eigenvalue weighted by Crippen LogP contribution is -2.32. The molecule has 0 bridgehead atoms. The largest absolute Gasteiger partial charge is 0.350 e. The number of hydrogen-bond acceptors (Lipinski definition) is 2. The van der Waals surface area contributed by atoms with Crippen LogP contribution in [0.2, 0.25) is 0 Å². The Bertz CT molecular complexity index is 578. The molecule has 0 saturated carbocycles. The molecule has 19 heavy (non-hydrogen) atoms. The Labute approximate surface area is 121 Å². The van der Waals surface area contributed by atoms with Crippen LogP contribution in [0, 0.1) is 5.92 Å². The van der Waals surface area contributed by atoms with Crippen LogP contribution in [-0.4, -0.2) is 22.3 Å². The van der Waals surface area contributed by atoms with Gasteiger partial charge in [0.05, 0.1) is 0 Å². The van der Waals surface area contributed by atoms with Crippen LogP contribution in [0.25, 0.3) is 10.8 Å². The van der Waals surface area contributed by atoms with E-state index in [4.69, 9.17) is 0 Å². The Hall–Kier alpha value is -1.42. The van der Waals surface area contributed by atoms with Gasteiger partial charge in [0.1, 0.15) is 5.69 Å². The molecule has 4 heteroatoms. The van der Waals surface area contributed by atoms with Crippen molar-refractivity contribution < 1.29 is 4.79 Å². The maximum absolute atomic E-state index is 12.2. The number of fused-ring (bicyclic) bond motifs is 1. The zero-order chi connectivity index (χ0) is 13.8. The third kappa shape index (κ3) is 3.32. The molecule has 0 aliphatic heterocycles. The van der Waals surface area contributed by atoms with Crippen molar-refractivity contribution >= 4 is 32.6 Å². The van der Waals surface area contributed by atoms with Crippen LogP contribution in [0.5, 0.6) is 0 Å². The summed E-state index contributed by atoms with van der Waals surface area (Å²) in [5.41, 5.74) is 0.488. The Morgan fingerprint density at radius 2 is 2.05 bits per heavy atom. The number of carbonyl (C=O) groups excluding carboxylic acids is 1. The summed E-state index contributed by atoms with van der Waals surface area (Å²) in [6.45, 7) is 4.82. The molecule has 1 aromatic carbocycles. The van der Waals surface area contributed by atoms with Gasteiger partial charge in [-0.1, -0.05) is 54.0 Å². The summed E-state index contributed by atoms with van der Waals surface area (Å²) in [5, 5.41) is 4.84. The first-order valence-electron chi connectivity index (χ1n) is 6.35. The highest BCUT2D eigenvalue weighted by Crippen LogP contribution is 2.16. The van der Waals surface area contributed by atoms with Crippen LogP contribution in [0.15, 0.2) is 36.5 Å². The highest BCUT2D eigenvalue weighted by molar-refractivity contribution is 9.09. The molecule has 1 N–H and O–H groups in total. The Morgan fingerprint density at radius 1 is 1.32 bits per heavy atom. The van der Waals surface area contributed by atoms with Gasteiger partial charge in [-0.25, -0.2) is 0 Å². The molecule has 0 fully saturated rings. The number of amides is 1. The van der Waals surface area contributed by atoms with Crippen LogP contribution in [0.3, 0.4) is 0 Å². The predicted molar refractivity (Wildman–Crippen MR) is 81.6 cm³/mol. The second-order valence-electron chi connectivity index (χ2n) is 4.85. The lowest BCUT2D eigenvalue weighted by molar-refractivity contribution is 0.0950. The van der Waals surface area contributed by atoms with Gasteiger partial charge in [-0.2, -0.15) is 0 Å². The number of pyridine rings is 1. The van der Waals surface area contributed by atoms with Crippen LogP contribution in [-0.2, 0) is 0 Å². The molecule has 2 rings (SSSR count). The first kappa shape index (κ1) is 14.0. The normalized spacial score (nSPS) is 12.6. The maximum atomic E-state index is 12.2. The monoisotopic (exact) mass is 320 g/mol. The number of rotatable bonds is 4. The summed E-state index contributed by atoms with van der Waals surface area (Å²) in [5.74, 6) is 0.350. The third-order valence-electron chi connectivity index (χ3n) is 3.07. The molecular formula is C15H17BrN2O. The molecule has 3 nitrogen and oxygen atoms in total. The Morgan fingerprint density at radius 3 is 2.79 bits per heavy atom. The van der Waals surface area contributed by atoms with E-state index in [0.29, 0.717) is 18.2 Å². The van der Waals surface area contributed by atoms with Crippen molar-refractivity contribution in [1.29, 1.82) is 0 Å². The van der Waals surface area contributed by atoms with Crippen molar-refractivity contribution in [2.24, 2.45) is 5.92 Å². The van der Waals surface area contributed by atoms with Gasteiger partial charge in [0.2, 0.25) is 0 Å². The second kappa shape index (κ2) is 6.15. The smallest absolute Gasteiger partial charge is 0.270 e. The standard InChI is InChI=1S/C15H17BrN2O/c1-10(2)13(16)9-18-15(19)14-12-6-4-3-5-11(12)7-8-17-14/h3-8,10,13H,9H2,1-2H3,(H,18,19). The van der Waals surface area contributed by atoms with Gasteiger partial charge in [0, 0.05) is 23.0 Å². The van der Waals surface area contributed by atoms with Gasteiger partial charge >= 0.3 is 0 Å². The minimum absolute atomic E-state index is 0.123. The summed E-state index contributed by atoms with van der Waals surface area (Å²) in [4.78, 5) is 16.7. The van der Waals surface area contributed by atoms with E-state index in [1.807, 2.05) is 30.3 Å². The van der Waals surface area contributed by atoms with E-state index >= 15 is 0 Å². The SMILES string of the molecule is CC(C)C(Br)CNC(=O)c1nccc2ccccc12. The molecule has 1 heterocycles. The highest BCUT2D eigenvalue weighted by Gasteiger charge is 2.14. The quantitative estimate of drug-likeness (QED) is 0.877. The first-order chi connectivity index (χ1) is 9.09. The number of nitrogens with one attached hydrogen (secondary N) is 1. The van der Waals surface area contributed by atoms with Crippen molar-refractivity contribution in [3.63, 3.8) is 0 Å².